The van der Waals surface area contributed by atoms with Crippen molar-refractivity contribution in [2.45, 2.75) is 0 Å². The van der Waals surface area contributed by atoms with Gasteiger partial charge in [0, 0.05) is 17.8 Å². The Labute approximate surface area is 84.5 Å². The Balaban J connectivity index is 3.00. The van der Waals surface area contributed by atoms with Crippen molar-refractivity contribution in [3.05, 3.63) is 30.3 Å². The van der Waals surface area contributed by atoms with Crippen LogP contribution < -0.4 is 5.73 Å². The number of likely N-dealkylation sites (N-methyl/N-ethyl adjacent to an activating group) is 1. The van der Waals surface area contributed by atoms with Crippen molar-refractivity contribution in [3.63, 3.8) is 0 Å². The molecule has 0 spiro atoms. The molecule has 0 aromatic heterocycles. The smallest absolute Gasteiger partial charge is 0.125 e. The maximum atomic E-state index is 9.62. The first-order valence-corrected chi connectivity index (χ1v) is 4.42. The van der Waals surface area contributed by atoms with Crippen LogP contribution >= 0.6 is 0 Å². The molecule has 0 aliphatic carbocycles. The van der Waals surface area contributed by atoms with Crippen LogP contribution in [0.15, 0.2) is 24.8 Å². The quantitative estimate of drug-likeness (QED) is 0.714. The molecule has 0 saturated heterocycles. The Morgan fingerprint density at radius 1 is 1.50 bits per heavy atom. The van der Waals surface area contributed by atoms with E-state index in [4.69, 9.17) is 5.73 Å². The average molecular weight is 192 g/mol. The van der Waals surface area contributed by atoms with E-state index in [0.717, 1.165) is 5.57 Å². The second-order valence-corrected chi connectivity index (χ2v) is 3.58. The van der Waals surface area contributed by atoms with Crippen LogP contribution in [0.25, 0.3) is 5.57 Å². The van der Waals surface area contributed by atoms with Gasteiger partial charge in [0.2, 0.25) is 0 Å². The summed E-state index contributed by atoms with van der Waals surface area (Å²) in [6.07, 6.45) is 0. The van der Waals surface area contributed by atoms with Gasteiger partial charge in [-0.2, -0.15) is 0 Å². The SMILES string of the molecule is C=C(CN(C)C)c1c(N)cccc1O. The maximum absolute atomic E-state index is 9.62. The van der Waals surface area contributed by atoms with Crippen molar-refractivity contribution >= 4 is 11.3 Å². The maximum Gasteiger partial charge on any atom is 0.125 e. The standard InChI is InChI=1S/C11H16N2O/c1-8(7-13(2)3)11-9(12)5-4-6-10(11)14/h4-6,14H,1,7,12H2,2-3H3. The van der Waals surface area contributed by atoms with Gasteiger partial charge in [-0.15, -0.1) is 0 Å². The predicted molar refractivity (Wildman–Crippen MR) is 60.1 cm³/mol. The molecular weight excluding hydrogens is 176 g/mol. The molecule has 76 valence electrons. The third-order valence-corrected chi connectivity index (χ3v) is 1.94. The highest BCUT2D eigenvalue weighted by Gasteiger charge is 2.09. The molecule has 0 fully saturated rings. The number of phenolic OH excluding ortho intramolecular Hbond substituents is 1. The zero-order valence-electron chi connectivity index (χ0n) is 8.62. The number of aromatic hydroxyl groups is 1. The third kappa shape index (κ3) is 2.26. The molecule has 14 heavy (non-hydrogen) atoms. The number of nitrogens with zero attached hydrogens (tertiary/aromatic N) is 1. The van der Waals surface area contributed by atoms with E-state index in [9.17, 15) is 5.11 Å². The molecule has 0 aliphatic heterocycles. The monoisotopic (exact) mass is 192 g/mol. The number of rotatable bonds is 3. The second-order valence-electron chi connectivity index (χ2n) is 3.58. The van der Waals surface area contributed by atoms with Gasteiger partial charge in [-0.3, -0.25) is 0 Å². The average Bonchev–Trinajstić information content (AvgIpc) is 2.01. The van der Waals surface area contributed by atoms with Gasteiger partial charge in [0.25, 0.3) is 0 Å². The largest absolute Gasteiger partial charge is 0.507 e. The van der Waals surface area contributed by atoms with Crippen molar-refractivity contribution in [2.24, 2.45) is 0 Å². The summed E-state index contributed by atoms with van der Waals surface area (Å²) in [6, 6.07) is 5.10. The van der Waals surface area contributed by atoms with E-state index in [-0.39, 0.29) is 5.75 Å². The lowest BCUT2D eigenvalue weighted by Gasteiger charge is -2.15. The van der Waals surface area contributed by atoms with Crippen LogP contribution in [-0.2, 0) is 0 Å². The Morgan fingerprint density at radius 2 is 2.14 bits per heavy atom. The van der Waals surface area contributed by atoms with E-state index in [2.05, 4.69) is 6.58 Å². The van der Waals surface area contributed by atoms with Gasteiger partial charge in [0.05, 0.1) is 0 Å². The van der Waals surface area contributed by atoms with Crippen LogP contribution in [0.1, 0.15) is 5.56 Å². The minimum Gasteiger partial charge on any atom is -0.507 e. The molecule has 1 aromatic carbocycles. The van der Waals surface area contributed by atoms with Gasteiger partial charge in [0.1, 0.15) is 5.75 Å². The van der Waals surface area contributed by atoms with Gasteiger partial charge < -0.3 is 15.7 Å². The summed E-state index contributed by atoms with van der Waals surface area (Å²) < 4.78 is 0. The summed E-state index contributed by atoms with van der Waals surface area (Å²) in [5, 5.41) is 9.62. The van der Waals surface area contributed by atoms with Crippen molar-refractivity contribution in [3.8, 4) is 5.75 Å². The van der Waals surface area contributed by atoms with Gasteiger partial charge in [0.15, 0.2) is 0 Å². The van der Waals surface area contributed by atoms with Crippen LogP contribution in [-0.4, -0.2) is 30.6 Å². The van der Waals surface area contributed by atoms with E-state index in [1.165, 1.54) is 0 Å². The van der Waals surface area contributed by atoms with Crippen molar-refractivity contribution in [1.29, 1.82) is 0 Å². The van der Waals surface area contributed by atoms with Crippen LogP contribution in [0.3, 0.4) is 0 Å². The summed E-state index contributed by atoms with van der Waals surface area (Å²) in [5.41, 5.74) is 7.80. The number of phenols is 1. The summed E-state index contributed by atoms with van der Waals surface area (Å²) >= 11 is 0. The molecule has 1 aromatic rings. The number of nitrogen functional groups attached to an aromatic ring is 1. The second kappa shape index (κ2) is 4.15. The molecule has 0 saturated carbocycles. The molecule has 0 aliphatic rings. The lowest BCUT2D eigenvalue weighted by Crippen LogP contribution is -2.14. The number of nitrogens with two attached hydrogens (primary N) is 1. The van der Waals surface area contributed by atoms with Crippen LogP contribution in [0, 0.1) is 0 Å². The van der Waals surface area contributed by atoms with Gasteiger partial charge in [-0.25, -0.2) is 0 Å². The molecular formula is C11H16N2O. The van der Waals surface area contributed by atoms with E-state index in [1.54, 1.807) is 18.2 Å². The third-order valence-electron chi connectivity index (χ3n) is 1.94. The number of hydrogen-bond donors (Lipinski definition) is 2. The van der Waals surface area contributed by atoms with E-state index in [0.29, 0.717) is 17.8 Å². The zero-order chi connectivity index (χ0) is 10.7. The Bertz CT molecular complexity index is 325. The fourth-order valence-electron chi connectivity index (χ4n) is 1.40. The Kier molecular flexibility index (Phi) is 3.14. The topological polar surface area (TPSA) is 49.5 Å². The molecule has 0 unspecified atom stereocenters. The fraction of sp³-hybridized carbons (Fsp3) is 0.273. The normalized spacial score (nSPS) is 10.5. The Hall–Kier alpha value is -1.48. The lowest BCUT2D eigenvalue weighted by molar-refractivity contribution is 0.457. The summed E-state index contributed by atoms with van der Waals surface area (Å²) in [6.45, 7) is 4.59. The van der Waals surface area contributed by atoms with Crippen LogP contribution in [0.4, 0.5) is 5.69 Å². The fourth-order valence-corrected chi connectivity index (χ4v) is 1.40. The van der Waals surface area contributed by atoms with Crippen molar-refractivity contribution in [2.75, 3.05) is 26.4 Å². The summed E-state index contributed by atoms with van der Waals surface area (Å²) in [5.74, 6) is 0.192. The number of anilines is 1. The summed E-state index contributed by atoms with van der Waals surface area (Å²) in [7, 11) is 3.89. The number of hydrogen-bond acceptors (Lipinski definition) is 3. The molecule has 0 bridgehead atoms. The molecule has 3 heteroatoms. The van der Waals surface area contributed by atoms with Crippen molar-refractivity contribution < 1.29 is 5.11 Å². The minimum atomic E-state index is 0.192. The van der Waals surface area contributed by atoms with Crippen molar-refractivity contribution in [1.82, 2.24) is 4.90 Å². The van der Waals surface area contributed by atoms with Gasteiger partial charge in [-0.05, 0) is 31.8 Å². The molecule has 3 N–H and O–H groups in total. The Morgan fingerprint density at radius 3 is 2.64 bits per heavy atom. The molecule has 0 heterocycles. The first-order valence-electron chi connectivity index (χ1n) is 4.42. The molecule has 1 rings (SSSR count). The van der Waals surface area contributed by atoms with Crippen LogP contribution in [0.5, 0.6) is 5.75 Å². The molecule has 3 nitrogen and oxygen atoms in total. The highest BCUT2D eigenvalue weighted by molar-refractivity contribution is 5.78. The summed E-state index contributed by atoms with van der Waals surface area (Å²) in [4.78, 5) is 1.98. The van der Waals surface area contributed by atoms with Gasteiger partial charge in [-0.1, -0.05) is 12.6 Å². The molecule has 0 radical (unpaired) electrons. The highest BCUT2D eigenvalue weighted by Crippen LogP contribution is 2.29. The molecule has 0 atom stereocenters. The van der Waals surface area contributed by atoms with Gasteiger partial charge >= 0.3 is 0 Å². The van der Waals surface area contributed by atoms with E-state index < -0.39 is 0 Å². The number of benzene rings is 1. The predicted octanol–water partition coefficient (Wildman–Crippen LogP) is 1.55. The lowest BCUT2D eigenvalue weighted by atomic mass is 10.0. The minimum absolute atomic E-state index is 0.192. The highest BCUT2D eigenvalue weighted by atomic mass is 16.3. The zero-order valence-corrected chi connectivity index (χ0v) is 8.62. The molecule has 0 amide bonds. The van der Waals surface area contributed by atoms with E-state index in [1.807, 2.05) is 19.0 Å². The van der Waals surface area contributed by atoms with E-state index >= 15 is 0 Å². The van der Waals surface area contributed by atoms with Crippen LogP contribution in [0.2, 0.25) is 0 Å². The first-order chi connectivity index (χ1) is 6.52. The first kappa shape index (κ1) is 10.6.